The topological polar surface area (TPSA) is 204 Å². The third kappa shape index (κ3) is 4.37. The normalized spacial score (nSPS) is 17.6. The highest BCUT2D eigenvalue weighted by Gasteiger charge is 2.42. The molecule has 2 unspecified atom stereocenters. The molecule has 24 heavy (non-hydrogen) atoms. The Kier molecular flexibility index (Phi) is 6.14. The average molecular weight is 349 g/mol. The molecule has 0 aliphatic carbocycles. The van der Waals surface area contributed by atoms with E-state index >= 15 is 0 Å². The van der Waals surface area contributed by atoms with E-state index in [2.05, 4.69) is 24.5 Å². The molecule has 0 aromatic rings. The number of hydrogen-bond donors (Lipinski definition) is 3. The highest BCUT2D eigenvalue weighted by Crippen LogP contribution is 2.13. The number of hydrogen-bond acceptors (Lipinski definition) is 13. The van der Waals surface area contributed by atoms with Crippen LogP contribution in [0.5, 0.6) is 0 Å². The van der Waals surface area contributed by atoms with E-state index in [0.717, 1.165) is 4.90 Å². The van der Waals surface area contributed by atoms with Crippen LogP contribution >= 0.6 is 0 Å². The van der Waals surface area contributed by atoms with Gasteiger partial charge in [0, 0.05) is 7.05 Å². The van der Waals surface area contributed by atoms with Crippen molar-refractivity contribution < 1.29 is 53.7 Å². The number of guanidine groups is 1. The fraction of sp³-hybridized carbons (Fsp3) is 0.400. The van der Waals surface area contributed by atoms with E-state index in [1.807, 2.05) is 0 Å². The van der Waals surface area contributed by atoms with Crippen molar-refractivity contribution >= 4 is 35.7 Å². The van der Waals surface area contributed by atoms with Crippen molar-refractivity contribution in [2.45, 2.75) is 12.1 Å². The quantitative estimate of drug-likeness (QED) is 0.250. The Morgan fingerprint density at radius 3 is 2.21 bits per heavy atom. The molecule has 1 aliphatic heterocycles. The summed E-state index contributed by atoms with van der Waals surface area (Å²) in [6.45, 7) is -1.13. The molecule has 0 saturated heterocycles. The van der Waals surface area contributed by atoms with E-state index in [4.69, 9.17) is 10.8 Å². The molecule has 0 saturated carbocycles. The van der Waals surface area contributed by atoms with Crippen LogP contribution in [0.4, 0.5) is 0 Å². The first kappa shape index (κ1) is 18.8. The third-order valence-corrected chi connectivity index (χ3v) is 2.50. The minimum absolute atomic E-state index is 0.261. The second-order valence-electron chi connectivity index (χ2n) is 4.07. The van der Waals surface area contributed by atoms with Crippen LogP contribution in [0.2, 0.25) is 0 Å². The lowest BCUT2D eigenvalue weighted by Crippen LogP contribution is -2.49. The molecule has 0 fully saturated rings. The summed E-state index contributed by atoms with van der Waals surface area (Å²) >= 11 is 0. The first-order valence-electron chi connectivity index (χ1n) is 5.92. The van der Waals surface area contributed by atoms with Crippen molar-refractivity contribution in [1.29, 1.82) is 0 Å². The Morgan fingerprint density at radius 2 is 1.75 bits per heavy atom. The van der Waals surface area contributed by atoms with E-state index in [1.165, 1.54) is 7.05 Å². The van der Waals surface area contributed by atoms with Gasteiger partial charge in [-0.25, -0.2) is 38.7 Å². The van der Waals surface area contributed by atoms with Gasteiger partial charge < -0.3 is 20.8 Å². The molecule has 0 spiro atoms. The van der Waals surface area contributed by atoms with Gasteiger partial charge in [-0.3, -0.25) is 4.79 Å². The van der Waals surface area contributed by atoms with Crippen molar-refractivity contribution in [3.8, 4) is 0 Å². The van der Waals surface area contributed by atoms with E-state index in [1.54, 1.807) is 0 Å². The number of carbonyl (C=O) groups is 5. The molecule has 1 aliphatic rings. The van der Waals surface area contributed by atoms with Gasteiger partial charge in [0.15, 0.2) is 12.1 Å². The predicted molar refractivity (Wildman–Crippen MR) is 65.6 cm³/mol. The molecule has 0 aromatic carbocycles. The van der Waals surface area contributed by atoms with Gasteiger partial charge in [-0.05, 0) is 0 Å². The number of aliphatic imine (C=N–C) groups is 1. The highest BCUT2D eigenvalue weighted by molar-refractivity contribution is 6.29. The van der Waals surface area contributed by atoms with Crippen molar-refractivity contribution in [2.75, 3.05) is 13.7 Å². The van der Waals surface area contributed by atoms with Crippen molar-refractivity contribution in [3.05, 3.63) is 0 Å². The van der Waals surface area contributed by atoms with Gasteiger partial charge in [0.1, 0.15) is 12.6 Å². The summed E-state index contributed by atoms with van der Waals surface area (Å²) in [6.07, 6.45) is -2.14. The van der Waals surface area contributed by atoms with Crippen molar-refractivity contribution in [2.24, 2.45) is 10.7 Å². The Morgan fingerprint density at radius 1 is 1.21 bits per heavy atom. The fourth-order valence-corrected chi connectivity index (χ4v) is 1.35. The van der Waals surface area contributed by atoms with Crippen LogP contribution in [0.15, 0.2) is 4.99 Å². The van der Waals surface area contributed by atoms with Crippen LogP contribution in [0, 0.1) is 0 Å². The van der Waals surface area contributed by atoms with Gasteiger partial charge in [-0.1, -0.05) is 0 Å². The minimum Gasteiger partial charge on any atom is -0.384 e. The maximum Gasteiger partial charge on any atom is 0.467 e. The van der Waals surface area contributed by atoms with E-state index < -0.39 is 48.5 Å². The Bertz CT molecular complexity index is 601. The maximum atomic E-state index is 11.5. The Balaban J connectivity index is 2.48. The molecule has 0 aromatic heterocycles. The lowest BCUT2D eigenvalue weighted by atomic mass is 10.1. The monoisotopic (exact) mass is 349 g/mol. The number of nitrogens with two attached hydrogens (primary N) is 1. The van der Waals surface area contributed by atoms with Crippen LogP contribution < -0.4 is 5.73 Å². The third-order valence-electron chi connectivity index (χ3n) is 2.50. The zero-order chi connectivity index (χ0) is 18.4. The number of likely N-dealkylation sites (N-methyl/N-ethyl adjacent to an activating group) is 1. The van der Waals surface area contributed by atoms with Gasteiger partial charge in [0.2, 0.25) is 0 Å². The lowest BCUT2D eigenvalue weighted by Gasteiger charge is -2.22. The van der Waals surface area contributed by atoms with E-state index in [0.29, 0.717) is 0 Å². The summed E-state index contributed by atoms with van der Waals surface area (Å²) in [4.78, 5) is 74.5. The SMILES string of the molecule is CN1C(N)=NC(=O)C1C(O)C(=O)OOC(=O)C(=O)OOC(=O)CO. The van der Waals surface area contributed by atoms with Crippen LogP contribution in [0.25, 0.3) is 0 Å². The molecule has 4 N–H and O–H groups in total. The summed E-state index contributed by atoms with van der Waals surface area (Å²) < 4.78 is 0. The zero-order valence-electron chi connectivity index (χ0n) is 11.9. The zero-order valence-corrected chi connectivity index (χ0v) is 11.9. The molecule has 1 amide bonds. The fourth-order valence-electron chi connectivity index (χ4n) is 1.35. The van der Waals surface area contributed by atoms with Gasteiger partial charge >= 0.3 is 23.9 Å². The van der Waals surface area contributed by atoms with Crippen LogP contribution in [0.3, 0.4) is 0 Å². The van der Waals surface area contributed by atoms with Crippen LogP contribution in [-0.4, -0.2) is 76.7 Å². The van der Waals surface area contributed by atoms with Crippen LogP contribution in [-0.2, 0) is 43.5 Å². The van der Waals surface area contributed by atoms with Crippen molar-refractivity contribution in [3.63, 3.8) is 0 Å². The number of carbonyl (C=O) groups excluding carboxylic acids is 5. The molecular weight excluding hydrogens is 338 g/mol. The molecule has 0 radical (unpaired) electrons. The molecule has 1 heterocycles. The number of amides is 1. The summed E-state index contributed by atoms with van der Waals surface area (Å²) in [6, 6.07) is -1.51. The Hall–Kier alpha value is -3.26. The number of aliphatic hydroxyl groups excluding tert-OH is 2. The van der Waals surface area contributed by atoms with Crippen LogP contribution in [0.1, 0.15) is 0 Å². The Labute approximate surface area is 132 Å². The summed E-state index contributed by atoms with van der Waals surface area (Å²) in [5.74, 6) is -8.03. The standard InChI is InChI=1S/C10H11N3O11/c1-13-4(6(17)12-10(13)11)5(16)7(18)22-24-9(20)8(19)23-21-3(15)2-14/h4-5,14,16H,2H2,1H3,(H2,11,12,17). The van der Waals surface area contributed by atoms with Crippen molar-refractivity contribution in [1.82, 2.24) is 4.90 Å². The number of nitrogens with zero attached hydrogens (tertiary/aromatic N) is 2. The largest absolute Gasteiger partial charge is 0.467 e. The van der Waals surface area contributed by atoms with E-state index in [9.17, 15) is 29.1 Å². The molecule has 1 rings (SSSR count). The highest BCUT2D eigenvalue weighted by atomic mass is 17.2. The molecule has 14 nitrogen and oxygen atoms in total. The van der Waals surface area contributed by atoms with Gasteiger partial charge in [0.25, 0.3) is 5.91 Å². The summed E-state index contributed by atoms with van der Waals surface area (Å²) in [7, 11) is 1.25. The molecular formula is C10H11N3O11. The summed E-state index contributed by atoms with van der Waals surface area (Å²) in [5, 5.41) is 17.9. The molecule has 0 bridgehead atoms. The van der Waals surface area contributed by atoms with Gasteiger partial charge in [0.05, 0.1) is 0 Å². The molecule has 2 atom stereocenters. The molecule has 14 heteroatoms. The average Bonchev–Trinajstić information content (AvgIpc) is 2.81. The first-order chi connectivity index (χ1) is 11.2. The molecule has 132 valence electrons. The van der Waals surface area contributed by atoms with Gasteiger partial charge in [-0.2, -0.15) is 4.99 Å². The van der Waals surface area contributed by atoms with Gasteiger partial charge in [-0.15, -0.1) is 0 Å². The minimum atomic E-state index is -2.14. The maximum absolute atomic E-state index is 11.5. The second kappa shape index (κ2) is 7.84. The predicted octanol–water partition coefficient (Wildman–Crippen LogP) is -4.50. The number of aliphatic hydroxyl groups is 2. The second-order valence-corrected chi connectivity index (χ2v) is 4.07. The van der Waals surface area contributed by atoms with E-state index in [-0.39, 0.29) is 5.96 Å². The smallest absolute Gasteiger partial charge is 0.384 e. The first-order valence-corrected chi connectivity index (χ1v) is 5.92. The lowest BCUT2D eigenvalue weighted by molar-refractivity contribution is -0.282. The number of rotatable bonds is 3. The summed E-state index contributed by atoms with van der Waals surface area (Å²) in [5.41, 5.74) is 5.31.